The Labute approximate surface area is 162 Å². The SMILES string of the molecule is Cc1sc2ncn(CC(=O)N(C)[C@H]3CCCc4ccccc43)c(=O)c2c1C. The third-order valence-corrected chi connectivity index (χ3v) is 6.78. The number of aromatic nitrogens is 2. The molecule has 3 aromatic rings. The van der Waals surface area contributed by atoms with Crippen LogP contribution >= 0.6 is 11.3 Å². The molecule has 0 aliphatic heterocycles. The molecule has 27 heavy (non-hydrogen) atoms. The van der Waals surface area contributed by atoms with Crippen molar-refractivity contribution in [3.8, 4) is 0 Å². The van der Waals surface area contributed by atoms with Crippen molar-refractivity contribution in [1.29, 1.82) is 0 Å². The smallest absolute Gasteiger partial charge is 0.262 e. The quantitative estimate of drug-likeness (QED) is 0.696. The largest absolute Gasteiger partial charge is 0.337 e. The summed E-state index contributed by atoms with van der Waals surface area (Å²) in [7, 11) is 1.84. The highest BCUT2D eigenvalue weighted by Crippen LogP contribution is 2.33. The van der Waals surface area contributed by atoms with Gasteiger partial charge in [-0.05, 0) is 49.8 Å². The number of thiophene rings is 1. The van der Waals surface area contributed by atoms with Crippen LogP contribution in [0.4, 0.5) is 0 Å². The number of benzene rings is 1. The second-order valence-electron chi connectivity index (χ2n) is 7.25. The van der Waals surface area contributed by atoms with Gasteiger partial charge in [0.25, 0.3) is 5.56 Å². The lowest BCUT2D eigenvalue weighted by Gasteiger charge is -2.33. The lowest BCUT2D eigenvalue weighted by Crippen LogP contribution is -2.37. The number of hydrogen-bond donors (Lipinski definition) is 0. The predicted molar refractivity (Wildman–Crippen MR) is 108 cm³/mol. The lowest BCUT2D eigenvalue weighted by molar-refractivity contribution is -0.133. The molecule has 5 nitrogen and oxygen atoms in total. The first kappa shape index (κ1) is 17.9. The second-order valence-corrected chi connectivity index (χ2v) is 8.46. The molecule has 0 bridgehead atoms. The fourth-order valence-corrected chi connectivity index (χ4v) is 4.93. The fraction of sp³-hybridized carbons (Fsp3) is 0.381. The van der Waals surface area contributed by atoms with Gasteiger partial charge in [-0.25, -0.2) is 4.98 Å². The number of amides is 1. The number of hydrogen-bond acceptors (Lipinski definition) is 4. The molecule has 1 atom stereocenters. The second kappa shape index (κ2) is 6.93. The van der Waals surface area contributed by atoms with E-state index in [-0.39, 0.29) is 24.1 Å². The Bertz CT molecular complexity index is 1080. The van der Waals surface area contributed by atoms with E-state index in [9.17, 15) is 9.59 Å². The van der Waals surface area contributed by atoms with E-state index in [1.54, 1.807) is 4.90 Å². The molecule has 4 rings (SSSR count). The minimum absolute atomic E-state index is 0.0191. The molecule has 1 aliphatic carbocycles. The molecule has 1 amide bonds. The van der Waals surface area contributed by atoms with E-state index in [0.717, 1.165) is 34.5 Å². The summed E-state index contributed by atoms with van der Waals surface area (Å²) < 4.78 is 1.44. The van der Waals surface area contributed by atoms with Gasteiger partial charge in [0.05, 0.1) is 17.8 Å². The highest BCUT2D eigenvalue weighted by atomic mass is 32.1. The number of aryl methyl sites for hydroxylation is 3. The van der Waals surface area contributed by atoms with Crippen LogP contribution in [0.2, 0.25) is 0 Å². The number of carbonyl (C=O) groups excluding carboxylic acids is 1. The van der Waals surface area contributed by atoms with Crippen LogP contribution in [-0.2, 0) is 17.8 Å². The first-order chi connectivity index (χ1) is 13.0. The topological polar surface area (TPSA) is 55.2 Å². The van der Waals surface area contributed by atoms with Gasteiger partial charge in [0.15, 0.2) is 0 Å². The molecule has 0 spiro atoms. The van der Waals surface area contributed by atoms with Gasteiger partial charge in [0.1, 0.15) is 11.4 Å². The van der Waals surface area contributed by atoms with Crippen molar-refractivity contribution in [2.45, 2.75) is 45.7 Å². The zero-order valence-corrected chi connectivity index (χ0v) is 16.7. The summed E-state index contributed by atoms with van der Waals surface area (Å²) in [6, 6.07) is 8.40. The summed E-state index contributed by atoms with van der Waals surface area (Å²) in [5.74, 6) is -0.0652. The molecule has 2 aromatic heterocycles. The first-order valence-electron chi connectivity index (χ1n) is 9.26. The van der Waals surface area contributed by atoms with E-state index in [2.05, 4.69) is 23.2 Å². The minimum atomic E-state index is -0.132. The maximum absolute atomic E-state index is 12.9. The maximum Gasteiger partial charge on any atom is 0.262 e. The molecule has 0 fully saturated rings. The van der Waals surface area contributed by atoms with E-state index >= 15 is 0 Å². The van der Waals surface area contributed by atoms with Crippen LogP contribution in [0, 0.1) is 13.8 Å². The highest BCUT2D eigenvalue weighted by Gasteiger charge is 2.27. The predicted octanol–water partition coefficient (Wildman–Crippen LogP) is 3.61. The van der Waals surface area contributed by atoms with Crippen LogP contribution < -0.4 is 5.56 Å². The third-order valence-electron chi connectivity index (χ3n) is 5.66. The van der Waals surface area contributed by atoms with Crippen LogP contribution in [0.5, 0.6) is 0 Å². The molecule has 140 valence electrons. The Morgan fingerprint density at radius 1 is 1.33 bits per heavy atom. The molecule has 2 heterocycles. The van der Waals surface area contributed by atoms with Crippen molar-refractivity contribution in [3.63, 3.8) is 0 Å². The van der Waals surface area contributed by atoms with Crippen molar-refractivity contribution >= 4 is 27.5 Å². The number of rotatable bonds is 3. The Hall–Kier alpha value is -2.47. The summed E-state index contributed by atoms with van der Waals surface area (Å²) in [5, 5.41) is 0.637. The zero-order valence-electron chi connectivity index (χ0n) is 15.9. The van der Waals surface area contributed by atoms with Gasteiger partial charge < -0.3 is 4.90 Å². The number of carbonyl (C=O) groups is 1. The van der Waals surface area contributed by atoms with Crippen molar-refractivity contribution < 1.29 is 4.79 Å². The number of likely N-dealkylation sites (N-methyl/N-ethyl adjacent to an activating group) is 1. The molecule has 0 unspecified atom stereocenters. The average molecular weight is 382 g/mol. The number of nitrogens with zero attached hydrogens (tertiary/aromatic N) is 3. The van der Waals surface area contributed by atoms with Crippen molar-refractivity contribution in [3.05, 3.63) is 62.5 Å². The van der Waals surface area contributed by atoms with Gasteiger partial charge in [-0.15, -0.1) is 11.3 Å². The van der Waals surface area contributed by atoms with Crippen LogP contribution in [0.1, 0.15) is 40.5 Å². The van der Waals surface area contributed by atoms with Gasteiger partial charge >= 0.3 is 0 Å². The van der Waals surface area contributed by atoms with E-state index in [0.29, 0.717) is 5.39 Å². The van der Waals surface area contributed by atoms with E-state index < -0.39 is 0 Å². The number of fused-ring (bicyclic) bond motifs is 2. The van der Waals surface area contributed by atoms with Crippen molar-refractivity contribution in [1.82, 2.24) is 14.5 Å². The normalized spacial score (nSPS) is 16.3. The first-order valence-corrected chi connectivity index (χ1v) is 10.1. The lowest BCUT2D eigenvalue weighted by atomic mass is 9.87. The molecule has 0 saturated carbocycles. The molecular weight excluding hydrogens is 358 g/mol. The molecule has 0 saturated heterocycles. The molecule has 0 radical (unpaired) electrons. The van der Waals surface area contributed by atoms with Gasteiger partial charge in [0, 0.05) is 11.9 Å². The molecule has 6 heteroatoms. The molecule has 0 N–H and O–H groups in total. The average Bonchev–Trinajstić information content (AvgIpc) is 2.97. The monoisotopic (exact) mass is 381 g/mol. The van der Waals surface area contributed by atoms with Crippen LogP contribution in [0.3, 0.4) is 0 Å². The van der Waals surface area contributed by atoms with Gasteiger partial charge in [-0.1, -0.05) is 24.3 Å². The van der Waals surface area contributed by atoms with Crippen LogP contribution in [-0.4, -0.2) is 27.4 Å². The Morgan fingerprint density at radius 2 is 2.11 bits per heavy atom. The van der Waals surface area contributed by atoms with E-state index in [1.807, 2.05) is 27.0 Å². The standard InChI is InChI=1S/C21H23N3O2S/c1-13-14(2)27-20-19(13)21(26)24(12-22-20)11-18(25)23(3)17-10-6-8-15-7-4-5-9-16(15)17/h4-5,7,9,12,17H,6,8,10-11H2,1-3H3/t17-/m0/s1. The molecule has 1 aliphatic rings. The Balaban J connectivity index is 1.61. The maximum atomic E-state index is 12.9. The molecule has 1 aromatic carbocycles. The molecular formula is C21H23N3O2S. The van der Waals surface area contributed by atoms with E-state index in [4.69, 9.17) is 0 Å². The Morgan fingerprint density at radius 3 is 2.93 bits per heavy atom. The zero-order chi connectivity index (χ0) is 19.1. The summed E-state index contributed by atoms with van der Waals surface area (Å²) in [6.07, 6.45) is 4.58. The van der Waals surface area contributed by atoms with Crippen LogP contribution in [0.15, 0.2) is 35.4 Å². The summed E-state index contributed by atoms with van der Waals surface area (Å²) in [6.45, 7) is 3.95. The minimum Gasteiger partial charge on any atom is -0.337 e. The van der Waals surface area contributed by atoms with Gasteiger partial charge in [0.2, 0.25) is 5.91 Å². The van der Waals surface area contributed by atoms with Gasteiger partial charge in [-0.3, -0.25) is 14.2 Å². The van der Waals surface area contributed by atoms with E-state index in [1.165, 1.54) is 33.4 Å². The third kappa shape index (κ3) is 3.08. The van der Waals surface area contributed by atoms with Crippen molar-refractivity contribution in [2.75, 3.05) is 7.05 Å². The van der Waals surface area contributed by atoms with Crippen LogP contribution in [0.25, 0.3) is 10.2 Å². The summed E-state index contributed by atoms with van der Waals surface area (Å²) >= 11 is 1.52. The Kier molecular flexibility index (Phi) is 4.60. The summed E-state index contributed by atoms with van der Waals surface area (Å²) in [5.41, 5.74) is 3.37. The van der Waals surface area contributed by atoms with Crippen molar-refractivity contribution in [2.24, 2.45) is 0 Å². The summed E-state index contributed by atoms with van der Waals surface area (Å²) in [4.78, 5) is 33.8. The van der Waals surface area contributed by atoms with Gasteiger partial charge in [-0.2, -0.15) is 0 Å². The highest BCUT2D eigenvalue weighted by molar-refractivity contribution is 7.18. The fourth-order valence-electron chi connectivity index (χ4n) is 3.94.